The second-order valence-corrected chi connectivity index (χ2v) is 2.17. The first-order valence-corrected chi connectivity index (χ1v) is 3.24. The van der Waals surface area contributed by atoms with E-state index in [1.165, 1.54) is 6.92 Å². The highest BCUT2D eigenvalue weighted by Crippen LogP contribution is 2.30. The fourth-order valence-electron chi connectivity index (χ4n) is 0.838. The largest absolute Gasteiger partial charge is 0.451 e. The van der Waals surface area contributed by atoms with Gasteiger partial charge in [-0.2, -0.15) is 13.2 Å². The molecule has 0 radical (unpaired) electrons. The van der Waals surface area contributed by atoms with Crippen LogP contribution in [0.5, 0.6) is 0 Å². The first-order valence-electron chi connectivity index (χ1n) is 3.24. The number of alkyl halides is 3. The Morgan fingerprint density at radius 2 is 2.08 bits per heavy atom. The molecule has 0 spiro atoms. The maximum Gasteiger partial charge on any atom is 0.451 e. The minimum absolute atomic E-state index is 0.0839. The summed E-state index contributed by atoms with van der Waals surface area (Å²) in [6.45, 7) is 1.50. The summed E-state index contributed by atoms with van der Waals surface area (Å²) in [4.78, 5) is 12.4. The third-order valence-corrected chi connectivity index (χ3v) is 1.33. The molecule has 0 atom stereocenters. The molecule has 1 rings (SSSR count). The lowest BCUT2D eigenvalue weighted by molar-refractivity contribution is -0.154. The molecule has 0 aliphatic rings. The van der Waals surface area contributed by atoms with Gasteiger partial charge in [0.15, 0.2) is 0 Å². The summed E-state index contributed by atoms with van der Waals surface area (Å²) in [5.74, 6) is -2.30. The minimum Gasteiger partial charge on any atom is -0.403 e. The van der Waals surface area contributed by atoms with Crippen molar-refractivity contribution in [3.63, 3.8) is 0 Å². The summed E-state index contributed by atoms with van der Waals surface area (Å²) < 4.78 is 39.9. The van der Waals surface area contributed by atoms with E-state index in [4.69, 9.17) is 0 Å². The van der Waals surface area contributed by atoms with Crippen molar-refractivity contribution in [2.24, 2.45) is 0 Å². The van der Waals surface area contributed by atoms with Gasteiger partial charge in [-0.25, -0.2) is 4.79 Å². The van der Waals surface area contributed by atoms with Crippen molar-refractivity contribution in [3.05, 3.63) is 22.0 Å². The van der Waals surface area contributed by atoms with Gasteiger partial charge in [0.1, 0.15) is 0 Å². The van der Waals surface area contributed by atoms with Crippen LogP contribution in [-0.2, 0) is 12.6 Å². The third-order valence-electron chi connectivity index (χ3n) is 1.33. The van der Waals surface area contributed by atoms with Gasteiger partial charge in [0.25, 0.3) is 0 Å². The summed E-state index contributed by atoms with van der Waals surface area (Å²) in [6, 6.07) is 0. The Hall–Kier alpha value is -1.20. The zero-order valence-electron chi connectivity index (χ0n) is 6.16. The Balaban J connectivity index is 3.23. The Kier molecular flexibility index (Phi) is 1.99. The highest BCUT2D eigenvalue weighted by atomic mass is 19.4. The molecule has 0 aliphatic carbocycles. The average molecular weight is 181 g/mol. The predicted octanol–water partition coefficient (Wildman–Crippen LogP) is 1.55. The van der Waals surface area contributed by atoms with Crippen molar-refractivity contribution in [3.8, 4) is 0 Å². The van der Waals surface area contributed by atoms with Crippen LogP contribution in [0.4, 0.5) is 13.2 Å². The summed E-state index contributed by atoms with van der Waals surface area (Å²) in [6.07, 6.45) is -4.51. The van der Waals surface area contributed by atoms with E-state index in [0.29, 0.717) is 0 Å². The normalized spacial score (nSPS) is 12.0. The summed E-state index contributed by atoms with van der Waals surface area (Å²) in [5.41, 5.74) is -0.215. The summed E-state index contributed by atoms with van der Waals surface area (Å²) in [7, 11) is 0. The molecule has 0 amide bonds. The maximum absolute atomic E-state index is 12.0. The van der Waals surface area contributed by atoms with Gasteiger partial charge in [-0.05, 0) is 6.42 Å². The summed E-state index contributed by atoms with van der Waals surface area (Å²) in [5, 5.41) is 0. The van der Waals surface area contributed by atoms with E-state index in [2.05, 4.69) is 4.42 Å². The van der Waals surface area contributed by atoms with E-state index >= 15 is 0 Å². The molecule has 0 fully saturated rings. The third kappa shape index (κ3) is 1.51. The van der Waals surface area contributed by atoms with Crippen molar-refractivity contribution in [1.29, 1.82) is 0 Å². The topological polar surface area (TPSA) is 46.0 Å². The molecule has 0 bridgehead atoms. The van der Waals surface area contributed by atoms with E-state index in [9.17, 15) is 18.0 Å². The minimum atomic E-state index is -4.59. The van der Waals surface area contributed by atoms with Crippen molar-refractivity contribution < 1.29 is 17.6 Å². The molecule has 1 aromatic heterocycles. The first-order chi connectivity index (χ1) is 5.45. The molecule has 68 valence electrons. The molecule has 1 heterocycles. The van der Waals surface area contributed by atoms with Gasteiger partial charge in [-0.3, -0.25) is 4.98 Å². The molecule has 0 aromatic carbocycles. The molecule has 1 N–H and O–H groups in total. The van der Waals surface area contributed by atoms with Gasteiger partial charge in [0, 0.05) is 0 Å². The second-order valence-electron chi connectivity index (χ2n) is 2.17. The number of rotatable bonds is 1. The van der Waals surface area contributed by atoms with Gasteiger partial charge in [-0.15, -0.1) is 0 Å². The van der Waals surface area contributed by atoms with Gasteiger partial charge in [0.2, 0.25) is 5.76 Å². The van der Waals surface area contributed by atoms with Crippen molar-refractivity contribution >= 4 is 0 Å². The van der Waals surface area contributed by atoms with E-state index < -0.39 is 17.7 Å². The number of halogens is 3. The van der Waals surface area contributed by atoms with Crippen LogP contribution in [-0.4, -0.2) is 4.98 Å². The van der Waals surface area contributed by atoms with Crippen LogP contribution in [0.2, 0.25) is 0 Å². The first kappa shape index (κ1) is 8.89. The van der Waals surface area contributed by atoms with E-state index in [1.807, 2.05) is 4.98 Å². The Labute approximate surface area is 65.2 Å². The van der Waals surface area contributed by atoms with Crippen LogP contribution in [0, 0.1) is 0 Å². The highest BCUT2D eigenvalue weighted by molar-refractivity contribution is 5.10. The number of hydrogen-bond donors (Lipinski definition) is 1. The van der Waals surface area contributed by atoms with Crippen molar-refractivity contribution in [1.82, 2.24) is 4.98 Å². The van der Waals surface area contributed by atoms with E-state index in [0.717, 1.165) is 0 Å². The van der Waals surface area contributed by atoms with Crippen LogP contribution in [0.25, 0.3) is 0 Å². The fourth-order valence-corrected chi connectivity index (χ4v) is 0.838. The van der Waals surface area contributed by atoms with Crippen molar-refractivity contribution in [2.75, 3.05) is 0 Å². The molecule has 3 nitrogen and oxygen atoms in total. The van der Waals surface area contributed by atoms with Crippen LogP contribution in [0.15, 0.2) is 9.21 Å². The fraction of sp³-hybridized carbons (Fsp3) is 0.500. The quantitative estimate of drug-likeness (QED) is 0.714. The van der Waals surface area contributed by atoms with Crippen molar-refractivity contribution in [2.45, 2.75) is 19.5 Å². The molecule has 0 saturated heterocycles. The van der Waals surface area contributed by atoms with Crippen LogP contribution < -0.4 is 5.76 Å². The van der Waals surface area contributed by atoms with Crippen LogP contribution in [0.1, 0.15) is 18.4 Å². The number of aromatic nitrogens is 1. The zero-order valence-corrected chi connectivity index (χ0v) is 6.16. The Morgan fingerprint density at radius 3 is 2.42 bits per heavy atom. The molecule has 0 aliphatic heterocycles. The molecule has 6 heteroatoms. The lowest BCUT2D eigenvalue weighted by Crippen LogP contribution is -2.06. The van der Waals surface area contributed by atoms with Crippen LogP contribution >= 0.6 is 0 Å². The molecular weight excluding hydrogens is 175 g/mol. The molecule has 12 heavy (non-hydrogen) atoms. The Morgan fingerprint density at radius 1 is 1.50 bits per heavy atom. The smallest absolute Gasteiger partial charge is 0.403 e. The van der Waals surface area contributed by atoms with E-state index in [1.54, 1.807) is 0 Å². The number of hydrogen-bond acceptors (Lipinski definition) is 2. The van der Waals surface area contributed by atoms with E-state index in [-0.39, 0.29) is 12.1 Å². The Bertz CT molecular complexity index is 322. The number of aryl methyl sites for hydroxylation is 1. The number of oxazole rings is 1. The molecule has 0 saturated carbocycles. The predicted molar refractivity (Wildman–Crippen MR) is 33.7 cm³/mol. The lowest BCUT2D eigenvalue weighted by Gasteiger charge is -2.01. The average Bonchev–Trinajstić information content (AvgIpc) is 2.29. The standard InChI is InChI=1S/C6H6F3NO2/c1-2-3-4(6(7,8)9)12-5(11)10-3/h2H2,1H3,(H,10,11). The van der Waals surface area contributed by atoms with Gasteiger partial charge in [-0.1, -0.05) is 6.92 Å². The van der Waals surface area contributed by atoms with Gasteiger partial charge < -0.3 is 4.42 Å². The zero-order chi connectivity index (χ0) is 9.35. The molecular formula is C6H6F3NO2. The number of aromatic amines is 1. The molecule has 0 unspecified atom stereocenters. The SMILES string of the molecule is CCc1[nH]c(=O)oc1C(F)(F)F. The second kappa shape index (κ2) is 2.69. The maximum atomic E-state index is 12.0. The monoisotopic (exact) mass is 181 g/mol. The summed E-state index contributed by atoms with van der Waals surface area (Å²) >= 11 is 0. The lowest BCUT2D eigenvalue weighted by atomic mass is 10.3. The van der Waals surface area contributed by atoms with Crippen LogP contribution in [0.3, 0.4) is 0 Å². The van der Waals surface area contributed by atoms with Gasteiger partial charge >= 0.3 is 11.9 Å². The number of nitrogens with one attached hydrogen (secondary N) is 1. The number of H-pyrrole nitrogens is 1. The highest BCUT2D eigenvalue weighted by Gasteiger charge is 2.38. The van der Waals surface area contributed by atoms with Gasteiger partial charge in [0.05, 0.1) is 5.69 Å². The molecule has 1 aromatic rings.